The highest BCUT2D eigenvalue weighted by molar-refractivity contribution is 7.89. The van der Waals surface area contributed by atoms with Crippen molar-refractivity contribution in [2.24, 2.45) is 0 Å². The molecular formula is C22H25ClN2O6S. The summed E-state index contributed by atoms with van der Waals surface area (Å²) >= 11 is 6.06. The minimum Gasteiger partial charge on any atom is -0.452 e. The van der Waals surface area contributed by atoms with Crippen LogP contribution >= 0.6 is 11.6 Å². The molecule has 0 bridgehead atoms. The average Bonchev–Trinajstić information content (AvgIpc) is 3.27. The van der Waals surface area contributed by atoms with Gasteiger partial charge >= 0.3 is 5.97 Å². The number of carbonyl (C=O) groups is 2. The number of carbonyl (C=O) groups excluding carboxylic acids is 2. The fourth-order valence-corrected chi connectivity index (χ4v) is 4.74. The third-order valence-corrected chi connectivity index (χ3v) is 7.01. The van der Waals surface area contributed by atoms with Crippen molar-refractivity contribution in [3.05, 3.63) is 58.1 Å². The van der Waals surface area contributed by atoms with Crippen LogP contribution in [0, 0.1) is 13.8 Å². The molecule has 172 valence electrons. The van der Waals surface area contributed by atoms with E-state index in [2.05, 4.69) is 10.0 Å². The molecule has 0 saturated carbocycles. The van der Waals surface area contributed by atoms with Crippen molar-refractivity contribution < 1.29 is 27.5 Å². The maximum atomic E-state index is 12.6. The molecular weight excluding hydrogens is 456 g/mol. The zero-order valence-corrected chi connectivity index (χ0v) is 19.4. The standard InChI is InChI=1S/C22H25ClN2O6S/c1-14-5-7-17(10-15(14)2)25-21(26)13-31-22(27)16-6-8-19(23)20(11-16)32(28,29)24-12-18-4-3-9-30-18/h5-8,10-11,18,24H,3-4,9,12-13H2,1-2H3,(H,25,26). The molecule has 8 nitrogen and oxygen atoms in total. The van der Waals surface area contributed by atoms with Crippen LogP contribution in [0.5, 0.6) is 0 Å². The fraction of sp³-hybridized carbons (Fsp3) is 0.364. The van der Waals surface area contributed by atoms with Gasteiger partial charge in [0.05, 0.1) is 16.7 Å². The van der Waals surface area contributed by atoms with Crippen LogP contribution in [0.25, 0.3) is 0 Å². The van der Waals surface area contributed by atoms with E-state index in [1.54, 1.807) is 6.07 Å². The van der Waals surface area contributed by atoms with Crippen LogP contribution in [-0.2, 0) is 24.3 Å². The van der Waals surface area contributed by atoms with Crippen molar-refractivity contribution in [2.45, 2.75) is 37.7 Å². The van der Waals surface area contributed by atoms with Crippen LogP contribution in [0.2, 0.25) is 5.02 Å². The maximum Gasteiger partial charge on any atom is 0.338 e. The van der Waals surface area contributed by atoms with Gasteiger partial charge in [0, 0.05) is 18.8 Å². The van der Waals surface area contributed by atoms with Crippen LogP contribution in [-0.4, -0.2) is 46.2 Å². The van der Waals surface area contributed by atoms with Gasteiger partial charge in [0.1, 0.15) is 4.90 Å². The number of ether oxygens (including phenoxy) is 2. The second kappa shape index (κ2) is 10.4. The monoisotopic (exact) mass is 480 g/mol. The molecule has 1 aliphatic rings. The first-order chi connectivity index (χ1) is 15.2. The molecule has 1 amide bonds. The van der Waals surface area contributed by atoms with Gasteiger partial charge in [-0.1, -0.05) is 17.7 Å². The average molecular weight is 481 g/mol. The highest BCUT2D eigenvalue weighted by atomic mass is 35.5. The Morgan fingerprint density at radius 3 is 2.62 bits per heavy atom. The van der Waals surface area contributed by atoms with Crippen LogP contribution in [0.4, 0.5) is 5.69 Å². The highest BCUT2D eigenvalue weighted by Crippen LogP contribution is 2.23. The summed E-state index contributed by atoms with van der Waals surface area (Å²) in [4.78, 5) is 24.2. The van der Waals surface area contributed by atoms with Gasteiger partial charge in [0.2, 0.25) is 10.0 Å². The second-order valence-corrected chi connectivity index (χ2v) is 9.70. The molecule has 0 aromatic heterocycles. The third-order valence-electron chi connectivity index (χ3n) is 5.11. The molecule has 1 heterocycles. The van der Waals surface area contributed by atoms with E-state index in [1.165, 1.54) is 12.1 Å². The summed E-state index contributed by atoms with van der Waals surface area (Å²) < 4.78 is 38.2. The first-order valence-corrected chi connectivity index (χ1v) is 12.0. The highest BCUT2D eigenvalue weighted by Gasteiger charge is 2.24. The van der Waals surface area contributed by atoms with Gasteiger partial charge in [0.15, 0.2) is 6.61 Å². The van der Waals surface area contributed by atoms with E-state index in [9.17, 15) is 18.0 Å². The van der Waals surface area contributed by atoms with Gasteiger partial charge in [-0.25, -0.2) is 17.9 Å². The number of sulfonamides is 1. The lowest BCUT2D eigenvalue weighted by Gasteiger charge is -2.13. The van der Waals surface area contributed by atoms with Crippen molar-refractivity contribution in [3.8, 4) is 0 Å². The van der Waals surface area contributed by atoms with E-state index in [0.717, 1.165) is 30.0 Å². The Balaban J connectivity index is 1.61. The normalized spacial score (nSPS) is 16.0. The molecule has 0 spiro atoms. The Hall–Kier alpha value is -2.46. The van der Waals surface area contributed by atoms with Crippen molar-refractivity contribution in [3.63, 3.8) is 0 Å². The van der Waals surface area contributed by atoms with Gasteiger partial charge in [-0.05, 0) is 68.1 Å². The number of rotatable bonds is 8. The van der Waals surface area contributed by atoms with Crippen LogP contribution in [0.1, 0.15) is 34.3 Å². The number of halogens is 1. The van der Waals surface area contributed by atoms with Gasteiger partial charge in [0.25, 0.3) is 5.91 Å². The molecule has 0 aliphatic carbocycles. The number of hydrogen-bond donors (Lipinski definition) is 2. The number of nitrogens with one attached hydrogen (secondary N) is 2. The molecule has 2 aromatic carbocycles. The van der Waals surface area contributed by atoms with Crippen molar-refractivity contribution in [1.82, 2.24) is 4.72 Å². The molecule has 10 heteroatoms. The van der Waals surface area contributed by atoms with E-state index in [-0.39, 0.29) is 28.1 Å². The number of benzene rings is 2. The minimum atomic E-state index is -3.96. The van der Waals surface area contributed by atoms with Gasteiger partial charge < -0.3 is 14.8 Å². The summed E-state index contributed by atoms with van der Waals surface area (Å²) in [5, 5.41) is 2.62. The number of amides is 1. The fourth-order valence-electron chi connectivity index (χ4n) is 3.15. The molecule has 1 atom stereocenters. The van der Waals surface area contributed by atoms with E-state index in [4.69, 9.17) is 21.1 Å². The van der Waals surface area contributed by atoms with Crippen LogP contribution < -0.4 is 10.0 Å². The number of aryl methyl sites for hydroxylation is 2. The Morgan fingerprint density at radius 1 is 1.16 bits per heavy atom. The topological polar surface area (TPSA) is 111 Å². The van der Waals surface area contributed by atoms with E-state index >= 15 is 0 Å². The van der Waals surface area contributed by atoms with Crippen molar-refractivity contribution in [2.75, 3.05) is 25.1 Å². The second-order valence-electron chi connectivity index (χ2n) is 7.56. The summed E-state index contributed by atoms with van der Waals surface area (Å²) in [5.74, 6) is -1.35. The zero-order valence-electron chi connectivity index (χ0n) is 17.8. The lowest BCUT2D eigenvalue weighted by molar-refractivity contribution is -0.119. The predicted molar refractivity (Wildman–Crippen MR) is 120 cm³/mol. The molecule has 2 aromatic rings. The number of esters is 1. The minimum absolute atomic E-state index is 0.0334. The van der Waals surface area contributed by atoms with Gasteiger partial charge in [-0.2, -0.15) is 0 Å². The number of anilines is 1. The third kappa shape index (κ3) is 6.29. The molecule has 1 unspecified atom stereocenters. The van der Waals surface area contributed by atoms with E-state index in [1.807, 2.05) is 26.0 Å². The van der Waals surface area contributed by atoms with Crippen molar-refractivity contribution >= 4 is 39.2 Å². The zero-order chi connectivity index (χ0) is 23.3. The van der Waals surface area contributed by atoms with E-state index in [0.29, 0.717) is 12.3 Å². The van der Waals surface area contributed by atoms with E-state index < -0.39 is 28.5 Å². The molecule has 2 N–H and O–H groups in total. The first-order valence-electron chi connectivity index (χ1n) is 10.1. The maximum absolute atomic E-state index is 12.6. The summed E-state index contributed by atoms with van der Waals surface area (Å²) in [6.07, 6.45) is 1.46. The summed E-state index contributed by atoms with van der Waals surface area (Å²) in [7, 11) is -3.96. The summed E-state index contributed by atoms with van der Waals surface area (Å²) in [6, 6.07) is 9.21. The molecule has 1 fully saturated rings. The molecule has 0 radical (unpaired) electrons. The van der Waals surface area contributed by atoms with Gasteiger partial charge in [-0.15, -0.1) is 0 Å². The number of hydrogen-bond acceptors (Lipinski definition) is 6. The predicted octanol–water partition coefficient (Wildman–Crippen LogP) is 3.21. The SMILES string of the molecule is Cc1ccc(NC(=O)COC(=O)c2ccc(Cl)c(S(=O)(=O)NCC3CCCO3)c2)cc1C. The van der Waals surface area contributed by atoms with Crippen LogP contribution in [0.3, 0.4) is 0 Å². The first kappa shape index (κ1) is 24.2. The Morgan fingerprint density at radius 2 is 1.94 bits per heavy atom. The van der Waals surface area contributed by atoms with Crippen LogP contribution in [0.15, 0.2) is 41.3 Å². The van der Waals surface area contributed by atoms with Crippen molar-refractivity contribution in [1.29, 1.82) is 0 Å². The largest absolute Gasteiger partial charge is 0.452 e. The lowest BCUT2D eigenvalue weighted by Crippen LogP contribution is -2.32. The summed E-state index contributed by atoms with van der Waals surface area (Å²) in [5.41, 5.74) is 2.66. The smallest absolute Gasteiger partial charge is 0.338 e. The molecule has 1 saturated heterocycles. The quantitative estimate of drug-likeness (QED) is 0.561. The Kier molecular flexibility index (Phi) is 7.89. The molecule has 1 aliphatic heterocycles. The Labute approximate surface area is 192 Å². The Bertz CT molecular complexity index is 1110. The molecule has 3 rings (SSSR count). The molecule has 32 heavy (non-hydrogen) atoms. The lowest BCUT2D eigenvalue weighted by atomic mass is 10.1. The summed E-state index contributed by atoms with van der Waals surface area (Å²) in [6.45, 7) is 4.08. The van der Waals surface area contributed by atoms with Gasteiger partial charge in [-0.3, -0.25) is 4.79 Å².